The fraction of sp³-hybridized carbons (Fsp3) is 1.00. The standard InChI is InChI=1S/C15H28O/c1-12(2)10-14-4-3-8-15(16,11-14)9-7-13-5-6-13/h12-14,16H,3-11H2,1-2H3. The van der Waals surface area contributed by atoms with Crippen molar-refractivity contribution in [3.05, 3.63) is 0 Å². The molecule has 2 atom stereocenters. The monoisotopic (exact) mass is 224 g/mol. The van der Waals surface area contributed by atoms with Gasteiger partial charge in [-0.2, -0.15) is 0 Å². The molecule has 0 aromatic carbocycles. The van der Waals surface area contributed by atoms with E-state index in [1.165, 1.54) is 38.5 Å². The smallest absolute Gasteiger partial charge is 0.0650 e. The van der Waals surface area contributed by atoms with Crippen molar-refractivity contribution in [2.75, 3.05) is 0 Å². The van der Waals surface area contributed by atoms with Crippen molar-refractivity contribution in [1.29, 1.82) is 0 Å². The Morgan fingerprint density at radius 1 is 1.19 bits per heavy atom. The lowest BCUT2D eigenvalue weighted by molar-refractivity contribution is -0.0287. The lowest BCUT2D eigenvalue weighted by Gasteiger charge is -2.37. The van der Waals surface area contributed by atoms with Gasteiger partial charge in [-0.05, 0) is 49.9 Å². The fourth-order valence-electron chi connectivity index (χ4n) is 3.44. The number of aliphatic hydroxyl groups is 1. The van der Waals surface area contributed by atoms with Crippen LogP contribution in [0.25, 0.3) is 0 Å². The van der Waals surface area contributed by atoms with Gasteiger partial charge in [-0.1, -0.05) is 39.5 Å². The van der Waals surface area contributed by atoms with Crippen molar-refractivity contribution >= 4 is 0 Å². The zero-order chi connectivity index (χ0) is 11.6. The van der Waals surface area contributed by atoms with E-state index in [9.17, 15) is 5.11 Å². The first kappa shape index (κ1) is 12.4. The zero-order valence-corrected chi connectivity index (χ0v) is 11.0. The van der Waals surface area contributed by atoms with Crippen LogP contribution in [-0.2, 0) is 0 Å². The molecule has 0 aromatic rings. The van der Waals surface area contributed by atoms with E-state index in [1.807, 2.05) is 0 Å². The van der Waals surface area contributed by atoms with Gasteiger partial charge in [-0.3, -0.25) is 0 Å². The highest BCUT2D eigenvalue weighted by atomic mass is 16.3. The summed E-state index contributed by atoms with van der Waals surface area (Å²) < 4.78 is 0. The summed E-state index contributed by atoms with van der Waals surface area (Å²) in [5, 5.41) is 10.6. The average Bonchev–Trinajstić information content (AvgIpc) is 2.97. The van der Waals surface area contributed by atoms with Gasteiger partial charge < -0.3 is 5.11 Å². The molecule has 0 radical (unpaired) electrons. The molecule has 0 saturated heterocycles. The van der Waals surface area contributed by atoms with Gasteiger partial charge in [0.1, 0.15) is 0 Å². The predicted octanol–water partition coefficient (Wildman–Crippen LogP) is 4.14. The van der Waals surface area contributed by atoms with Crippen molar-refractivity contribution in [3.8, 4) is 0 Å². The maximum absolute atomic E-state index is 10.6. The van der Waals surface area contributed by atoms with Gasteiger partial charge in [-0.25, -0.2) is 0 Å². The van der Waals surface area contributed by atoms with E-state index < -0.39 is 0 Å². The summed E-state index contributed by atoms with van der Waals surface area (Å²) in [5.41, 5.74) is -0.291. The van der Waals surface area contributed by atoms with Crippen LogP contribution < -0.4 is 0 Å². The molecule has 94 valence electrons. The number of hydrogen-bond acceptors (Lipinski definition) is 1. The average molecular weight is 224 g/mol. The summed E-state index contributed by atoms with van der Waals surface area (Å²) in [6, 6.07) is 0. The first-order chi connectivity index (χ1) is 7.57. The second kappa shape index (κ2) is 5.08. The molecule has 0 aliphatic heterocycles. The summed E-state index contributed by atoms with van der Waals surface area (Å²) in [4.78, 5) is 0. The normalized spacial score (nSPS) is 35.6. The van der Waals surface area contributed by atoms with Gasteiger partial charge in [0.15, 0.2) is 0 Å². The molecule has 1 N–H and O–H groups in total. The molecule has 0 heterocycles. The maximum Gasteiger partial charge on any atom is 0.0650 e. The van der Waals surface area contributed by atoms with Crippen molar-refractivity contribution in [3.63, 3.8) is 0 Å². The Balaban J connectivity index is 1.78. The van der Waals surface area contributed by atoms with Crippen LogP contribution in [0.2, 0.25) is 0 Å². The molecule has 16 heavy (non-hydrogen) atoms. The third-order valence-corrected chi connectivity index (χ3v) is 4.44. The Bertz CT molecular complexity index is 219. The van der Waals surface area contributed by atoms with Crippen LogP contribution in [0.1, 0.15) is 71.6 Å². The highest BCUT2D eigenvalue weighted by molar-refractivity contribution is 4.88. The van der Waals surface area contributed by atoms with Gasteiger partial charge in [0.2, 0.25) is 0 Å². The molecule has 2 rings (SSSR count). The molecular weight excluding hydrogens is 196 g/mol. The topological polar surface area (TPSA) is 20.2 Å². The van der Waals surface area contributed by atoms with E-state index in [0.29, 0.717) is 0 Å². The minimum absolute atomic E-state index is 0.291. The van der Waals surface area contributed by atoms with Crippen molar-refractivity contribution in [2.24, 2.45) is 17.8 Å². The highest BCUT2D eigenvalue weighted by Gasteiger charge is 2.35. The van der Waals surface area contributed by atoms with Gasteiger partial charge in [-0.15, -0.1) is 0 Å². The Morgan fingerprint density at radius 3 is 2.56 bits per heavy atom. The molecular formula is C15H28O. The highest BCUT2D eigenvalue weighted by Crippen LogP contribution is 2.42. The molecule has 2 aliphatic rings. The number of rotatable bonds is 5. The van der Waals surface area contributed by atoms with Gasteiger partial charge in [0, 0.05) is 0 Å². The van der Waals surface area contributed by atoms with Crippen LogP contribution in [0.5, 0.6) is 0 Å². The predicted molar refractivity (Wildman–Crippen MR) is 68.3 cm³/mol. The zero-order valence-electron chi connectivity index (χ0n) is 11.0. The first-order valence-electron chi connectivity index (χ1n) is 7.30. The molecule has 0 amide bonds. The molecule has 0 spiro atoms. The first-order valence-corrected chi connectivity index (χ1v) is 7.30. The summed E-state index contributed by atoms with van der Waals surface area (Å²) in [5.74, 6) is 2.54. The van der Waals surface area contributed by atoms with Crippen LogP contribution >= 0.6 is 0 Å². The van der Waals surface area contributed by atoms with E-state index in [0.717, 1.165) is 37.0 Å². The minimum atomic E-state index is -0.291. The van der Waals surface area contributed by atoms with Gasteiger partial charge in [0.25, 0.3) is 0 Å². The molecule has 2 unspecified atom stereocenters. The van der Waals surface area contributed by atoms with Crippen LogP contribution in [0.15, 0.2) is 0 Å². The molecule has 1 heteroatoms. The summed E-state index contributed by atoms with van der Waals surface area (Å²) >= 11 is 0. The Hall–Kier alpha value is -0.0400. The Labute approximate surface area is 101 Å². The van der Waals surface area contributed by atoms with Gasteiger partial charge >= 0.3 is 0 Å². The van der Waals surface area contributed by atoms with Crippen LogP contribution in [0, 0.1) is 17.8 Å². The summed E-state index contributed by atoms with van der Waals surface area (Å²) in [6.45, 7) is 4.61. The number of hydrogen-bond donors (Lipinski definition) is 1. The van der Waals surface area contributed by atoms with E-state index in [2.05, 4.69) is 13.8 Å². The van der Waals surface area contributed by atoms with E-state index in [1.54, 1.807) is 0 Å². The van der Waals surface area contributed by atoms with E-state index >= 15 is 0 Å². The Kier molecular flexibility index (Phi) is 3.94. The Morgan fingerprint density at radius 2 is 1.94 bits per heavy atom. The summed E-state index contributed by atoms with van der Waals surface area (Å²) in [6.07, 6.45) is 11.3. The molecule has 2 aliphatic carbocycles. The fourth-order valence-corrected chi connectivity index (χ4v) is 3.44. The van der Waals surface area contributed by atoms with Crippen LogP contribution in [0.4, 0.5) is 0 Å². The SMILES string of the molecule is CC(C)CC1CCCC(O)(CCC2CC2)C1. The molecule has 1 nitrogen and oxygen atoms in total. The summed E-state index contributed by atoms with van der Waals surface area (Å²) in [7, 11) is 0. The molecule has 2 saturated carbocycles. The molecule has 2 fully saturated rings. The lowest BCUT2D eigenvalue weighted by Crippen LogP contribution is -2.35. The lowest BCUT2D eigenvalue weighted by atomic mass is 9.73. The van der Waals surface area contributed by atoms with Crippen molar-refractivity contribution < 1.29 is 5.11 Å². The van der Waals surface area contributed by atoms with E-state index in [-0.39, 0.29) is 5.60 Å². The quantitative estimate of drug-likeness (QED) is 0.744. The third kappa shape index (κ3) is 3.76. The molecule has 0 aromatic heterocycles. The minimum Gasteiger partial charge on any atom is -0.390 e. The largest absolute Gasteiger partial charge is 0.390 e. The second-order valence-electron chi connectivity index (χ2n) is 6.80. The van der Waals surface area contributed by atoms with E-state index in [4.69, 9.17) is 0 Å². The third-order valence-electron chi connectivity index (χ3n) is 4.44. The van der Waals surface area contributed by atoms with Gasteiger partial charge in [0.05, 0.1) is 5.60 Å². The second-order valence-corrected chi connectivity index (χ2v) is 6.80. The molecule has 0 bridgehead atoms. The van der Waals surface area contributed by atoms with Crippen LogP contribution in [0.3, 0.4) is 0 Å². The maximum atomic E-state index is 10.6. The van der Waals surface area contributed by atoms with Crippen molar-refractivity contribution in [2.45, 2.75) is 77.2 Å². The van der Waals surface area contributed by atoms with Crippen molar-refractivity contribution in [1.82, 2.24) is 0 Å². The van der Waals surface area contributed by atoms with Crippen LogP contribution in [-0.4, -0.2) is 10.7 Å².